The second kappa shape index (κ2) is 32.8. The van der Waals surface area contributed by atoms with Crippen LogP contribution in [0.4, 0.5) is 0 Å². The molecule has 1 amide bonds. The molecule has 0 aliphatic rings. The summed E-state index contributed by atoms with van der Waals surface area (Å²) in [6.07, 6.45) is 40.5. The molecule has 0 aromatic rings. The summed E-state index contributed by atoms with van der Waals surface area (Å²) >= 11 is 0. The number of unbranched alkanes of at least 4 members (excludes halogenated alkanes) is 11. The zero-order chi connectivity index (χ0) is 30.1. The lowest BCUT2D eigenvalue weighted by Crippen LogP contribution is -2.26. The summed E-state index contributed by atoms with van der Waals surface area (Å²) in [6.45, 7) is 2.50. The molecular weight excluding hydrogens is 510 g/mol. The molecule has 0 aromatic carbocycles. The van der Waals surface area contributed by atoms with Crippen molar-refractivity contribution in [2.45, 2.75) is 160 Å². The van der Waals surface area contributed by atoms with Crippen molar-refractivity contribution >= 4 is 5.91 Å². The standard InChI is InChI=1S/C36H65NO4/c1-2-3-4-5-6-7-8-9-10-11-12-13-14-15-16-17-18-19-20-21-23-27-34(39)28-24-22-25-29-35(40)30-26-31-36(41)37-32-33-38/h8-9,12-13,18-19,22,24,34-35,38-40H,2-7,10-11,14-17,20-21,23,25-33H2,1H3,(H,37,41). The third-order valence-electron chi connectivity index (χ3n) is 7.24. The topological polar surface area (TPSA) is 89.8 Å². The molecular formula is C36H65NO4. The van der Waals surface area contributed by atoms with Gasteiger partial charge in [0.25, 0.3) is 0 Å². The van der Waals surface area contributed by atoms with Gasteiger partial charge >= 0.3 is 0 Å². The van der Waals surface area contributed by atoms with Crippen molar-refractivity contribution in [3.63, 3.8) is 0 Å². The van der Waals surface area contributed by atoms with E-state index in [4.69, 9.17) is 5.11 Å². The number of carbonyl (C=O) groups is 1. The van der Waals surface area contributed by atoms with E-state index < -0.39 is 6.10 Å². The minimum Gasteiger partial charge on any atom is -0.395 e. The highest BCUT2D eigenvalue weighted by Crippen LogP contribution is 2.11. The number of allylic oxidation sites excluding steroid dienone is 7. The molecule has 238 valence electrons. The summed E-state index contributed by atoms with van der Waals surface area (Å²) in [6, 6.07) is 0. The Morgan fingerprint density at radius 3 is 1.71 bits per heavy atom. The Bertz CT molecular complexity index is 670. The average Bonchev–Trinajstić information content (AvgIpc) is 2.96. The molecule has 0 aromatic heterocycles. The summed E-state index contributed by atoms with van der Waals surface area (Å²) in [5, 5.41) is 31.5. The molecule has 0 heterocycles. The molecule has 0 aliphatic carbocycles. The Morgan fingerprint density at radius 2 is 1.10 bits per heavy atom. The van der Waals surface area contributed by atoms with E-state index in [-0.39, 0.29) is 25.2 Å². The van der Waals surface area contributed by atoms with Gasteiger partial charge in [-0.15, -0.1) is 0 Å². The van der Waals surface area contributed by atoms with Gasteiger partial charge in [0.1, 0.15) is 0 Å². The van der Waals surface area contributed by atoms with Gasteiger partial charge in [-0.05, 0) is 103 Å². The van der Waals surface area contributed by atoms with Gasteiger partial charge in [-0.3, -0.25) is 4.79 Å². The largest absolute Gasteiger partial charge is 0.395 e. The fourth-order valence-electron chi connectivity index (χ4n) is 4.64. The Labute approximate surface area is 253 Å². The van der Waals surface area contributed by atoms with Crippen molar-refractivity contribution in [3.05, 3.63) is 48.6 Å². The molecule has 0 spiro atoms. The zero-order valence-corrected chi connectivity index (χ0v) is 26.5. The summed E-state index contributed by atoms with van der Waals surface area (Å²) in [5.41, 5.74) is 0. The van der Waals surface area contributed by atoms with Crippen LogP contribution in [0.1, 0.15) is 148 Å². The zero-order valence-electron chi connectivity index (χ0n) is 26.5. The summed E-state index contributed by atoms with van der Waals surface area (Å²) < 4.78 is 0. The highest BCUT2D eigenvalue weighted by atomic mass is 16.3. The highest BCUT2D eigenvalue weighted by Gasteiger charge is 2.06. The van der Waals surface area contributed by atoms with Crippen molar-refractivity contribution in [2.24, 2.45) is 0 Å². The third kappa shape index (κ3) is 32.7. The van der Waals surface area contributed by atoms with Crippen molar-refractivity contribution in [1.82, 2.24) is 5.32 Å². The van der Waals surface area contributed by atoms with Gasteiger partial charge in [0, 0.05) is 13.0 Å². The SMILES string of the molecule is CCCCCCCC=CCCC=CCCCCC=CCCCCC(O)CC=CCCC(O)CCCC(=O)NCCO. The van der Waals surface area contributed by atoms with Gasteiger partial charge in [0.2, 0.25) is 5.91 Å². The van der Waals surface area contributed by atoms with Crippen LogP contribution in [0.15, 0.2) is 48.6 Å². The lowest BCUT2D eigenvalue weighted by molar-refractivity contribution is -0.121. The molecule has 0 rings (SSSR count). The number of hydrogen-bond acceptors (Lipinski definition) is 4. The van der Waals surface area contributed by atoms with Crippen LogP contribution in [0.5, 0.6) is 0 Å². The van der Waals surface area contributed by atoms with Crippen LogP contribution in [0, 0.1) is 0 Å². The van der Waals surface area contributed by atoms with Gasteiger partial charge < -0.3 is 20.6 Å². The maximum Gasteiger partial charge on any atom is 0.220 e. The molecule has 0 fully saturated rings. The van der Waals surface area contributed by atoms with Gasteiger partial charge in [-0.2, -0.15) is 0 Å². The van der Waals surface area contributed by atoms with Crippen molar-refractivity contribution in [3.8, 4) is 0 Å². The highest BCUT2D eigenvalue weighted by molar-refractivity contribution is 5.75. The van der Waals surface area contributed by atoms with Gasteiger partial charge in [0.05, 0.1) is 18.8 Å². The van der Waals surface area contributed by atoms with E-state index in [1.165, 1.54) is 70.6 Å². The molecule has 0 aliphatic heterocycles. The summed E-state index contributed by atoms with van der Waals surface area (Å²) in [4.78, 5) is 11.5. The van der Waals surface area contributed by atoms with Crippen molar-refractivity contribution in [1.29, 1.82) is 0 Å². The second-order valence-electron chi connectivity index (χ2n) is 11.3. The molecule has 5 heteroatoms. The molecule has 5 nitrogen and oxygen atoms in total. The molecule has 4 N–H and O–H groups in total. The van der Waals surface area contributed by atoms with E-state index in [0.717, 1.165) is 38.5 Å². The predicted molar refractivity (Wildman–Crippen MR) is 176 cm³/mol. The van der Waals surface area contributed by atoms with Crippen LogP contribution < -0.4 is 5.32 Å². The number of amides is 1. The minimum absolute atomic E-state index is 0.0519. The molecule has 2 unspecified atom stereocenters. The minimum atomic E-state index is -0.405. The molecule has 0 saturated heterocycles. The molecule has 0 bridgehead atoms. The van der Waals surface area contributed by atoms with E-state index in [9.17, 15) is 15.0 Å². The first-order valence-corrected chi connectivity index (χ1v) is 16.9. The van der Waals surface area contributed by atoms with Gasteiger partial charge in [-0.1, -0.05) is 87.6 Å². The number of nitrogens with one attached hydrogen (secondary N) is 1. The van der Waals surface area contributed by atoms with Gasteiger partial charge in [-0.25, -0.2) is 0 Å². The Kier molecular flexibility index (Phi) is 31.5. The number of aliphatic hydroxyl groups is 3. The maximum atomic E-state index is 11.5. The quantitative estimate of drug-likeness (QED) is 0.0510. The Balaban J connectivity index is 3.48. The van der Waals surface area contributed by atoms with Crippen LogP contribution in [0.3, 0.4) is 0 Å². The average molecular weight is 576 g/mol. The van der Waals surface area contributed by atoms with Crippen LogP contribution >= 0.6 is 0 Å². The number of aliphatic hydroxyl groups excluding tert-OH is 3. The second-order valence-corrected chi connectivity index (χ2v) is 11.3. The third-order valence-corrected chi connectivity index (χ3v) is 7.24. The van der Waals surface area contributed by atoms with Crippen molar-refractivity contribution < 1.29 is 20.1 Å². The van der Waals surface area contributed by atoms with Crippen LogP contribution in [0.25, 0.3) is 0 Å². The van der Waals surface area contributed by atoms with Crippen molar-refractivity contribution in [2.75, 3.05) is 13.2 Å². The fourth-order valence-corrected chi connectivity index (χ4v) is 4.64. The lowest BCUT2D eigenvalue weighted by Gasteiger charge is -2.09. The van der Waals surface area contributed by atoms with E-state index in [2.05, 4.69) is 48.7 Å². The Hall–Kier alpha value is -1.69. The molecule has 0 saturated carbocycles. The first kappa shape index (κ1) is 39.3. The van der Waals surface area contributed by atoms with E-state index >= 15 is 0 Å². The fraction of sp³-hybridized carbons (Fsp3) is 0.750. The first-order chi connectivity index (χ1) is 20.1. The predicted octanol–water partition coefficient (Wildman–Crippen LogP) is 8.64. The van der Waals surface area contributed by atoms with E-state index in [1.807, 2.05) is 12.2 Å². The number of carbonyl (C=O) groups excluding carboxylic acids is 1. The van der Waals surface area contributed by atoms with E-state index in [1.54, 1.807) is 0 Å². The summed E-state index contributed by atoms with van der Waals surface area (Å²) in [5.74, 6) is -0.0807. The summed E-state index contributed by atoms with van der Waals surface area (Å²) in [7, 11) is 0. The van der Waals surface area contributed by atoms with E-state index in [0.29, 0.717) is 32.1 Å². The molecule has 2 atom stereocenters. The number of hydrogen-bond donors (Lipinski definition) is 4. The first-order valence-electron chi connectivity index (χ1n) is 16.9. The van der Waals surface area contributed by atoms with Crippen LogP contribution in [-0.2, 0) is 4.79 Å². The smallest absolute Gasteiger partial charge is 0.220 e. The lowest BCUT2D eigenvalue weighted by atomic mass is 10.1. The molecule has 0 radical (unpaired) electrons. The number of rotatable bonds is 30. The normalized spacial score (nSPS) is 13.8. The van der Waals surface area contributed by atoms with Gasteiger partial charge in [0.15, 0.2) is 0 Å². The van der Waals surface area contributed by atoms with Crippen LogP contribution in [0.2, 0.25) is 0 Å². The Morgan fingerprint density at radius 1 is 0.585 bits per heavy atom. The van der Waals surface area contributed by atoms with Crippen LogP contribution in [-0.4, -0.2) is 46.6 Å². The maximum absolute atomic E-state index is 11.5. The monoisotopic (exact) mass is 575 g/mol. The molecule has 41 heavy (non-hydrogen) atoms.